The Balaban J connectivity index is 1.82. The molecule has 2 rings (SSSR count). The molecule has 1 saturated carbocycles. The van der Waals surface area contributed by atoms with E-state index in [0.717, 1.165) is 4.90 Å². The van der Waals surface area contributed by atoms with Gasteiger partial charge in [-0.2, -0.15) is 13.2 Å². The molecule has 0 radical (unpaired) electrons. The molecule has 12 heteroatoms. The maximum absolute atomic E-state index is 12.8. The number of halogens is 3. The summed E-state index contributed by atoms with van der Waals surface area (Å²) in [5.41, 5.74) is 5.01. The molecule has 4 atom stereocenters. The number of carbonyl (C=O) groups excluding carboxylic acids is 3. The molecule has 1 heterocycles. The third-order valence-electron chi connectivity index (χ3n) is 6.13. The first-order chi connectivity index (χ1) is 15.9. The summed E-state index contributed by atoms with van der Waals surface area (Å²) in [4.78, 5) is 48.3. The molecule has 192 valence electrons. The second-order valence-corrected chi connectivity index (χ2v) is 8.69. The highest BCUT2D eigenvalue weighted by Gasteiger charge is 2.56. The Bertz CT molecular complexity index is 803. The molecule has 9 nitrogen and oxygen atoms in total. The SMILES string of the molecule is CCOC(=O)[C@@]1(N)C[C@H]1/C=C\CCCCC[C@H](NC(=O)C(F)(F)F)C(=O)N1CCC[C@H]1C(=O)O. The number of alkyl halides is 3. The van der Waals surface area contributed by atoms with E-state index >= 15 is 0 Å². The third-order valence-corrected chi connectivity index (χ3v) is 6.13. The van der Waals surface area contributed by atoms with Gasteiger partial charge in [0.2, 0.25) is 5.91 Å². The van der Waals surface area contributed by atoms with Crippen LogP contribution in [0.2, 0.25) is 0 Å². The fourth-order valence-corrected chi connectivity index (χ4v) is 4.08. The number of esters is 1. The zero-order chi connectivity index (χ0) is 25.5. The summed E-state index contributed by atoms with van der Waals surface area (Å²) >= 11 is 0. The van der Waals surface area contributed by atoms with Crippen molar-refractivity contribution >= 4 is 23.8 Å². The number of nitrogens with two attached hydrogens (primary N) is 1. The number of rotatable bonds is 12. The molecular formula is C22H32F3N3O6. The van der Waals surface area contributed by atoms with Crippen molar-refractivity contribution in [2.45, 2.75) is 82.1 Å². The van der Waals surface area contributed by atoms with Crippen LogP contribution in [0.15, 0.2) is 12.2 Å². The molecule has 1 aliphatic carbocycles. The summed E-state index contributed by atoms with van der Waals surface area (Å²) in [7, 11) is 0. The zero-order valence-electron chi connectivity index (χ0n) is 19.1. The Morgan fingerprint density at radius 2 is 1.97 bits per heavy atom. The summed E-state index contributed by atoms with van der Waals surface area (Å²) in [5, 5.41) is 11.0. The number of carboxylic acid groups (broad SMARTS) is 1. The molecule has 0 aromatic heterocycles. The van der Waals surface area contributed by atoms with E-state index in [1.165, 1.54) is 0 Å². The van der Waals surface area contributed by atoms with Gasteiger partial charge in [-0.05, 0) is 45.4 Å². The Morgan fingerprint density at radius 1 is 1.26 bits per heavy atom. The van der Waals surface area contributed by atoms with Gasteiger partial charge in [0.05, 0.1) is 6.61 Å². The van der Waals surface area contributed by atoms with Crippen molar-refractivity contribution in [3.05, 3.63) is 12.2 Å². The van der Waals surface area contributed by atoms with E-state index in [4.69, 9.17) is 10.5 Å². The molecule has 2 fully saturated rings. The first kappa shape index (κ1) is 27.6. The van der Waals surface area contributed by atoms with Crippen LogP contribution in [-0.2, 0) is 23.9 Å². The van der Waals surface area contributed by atoms with Crippen LogP contribution in [0.3, 0.4) is 0 Å². The van der Waals surface area contributed by atoms with Crippen molar-refractivity contribution in [1.29, 1.82) is 0 Å². The number of allylic oxidation sites excluding steroid dienone is 1. The monoisotopic (exact) mass is 491 g/mol. The number of hydrogen-bond donors (Lipinski definition) is 3. The van der Waals surface area contributed by atoms with Gasteiger partial charge in [-0.15, -0.1) is 0 Å². The van der Waals surface area contributed by atoms with Crippen LogP contribution in [0.5, 0.6) is 0 Å². The zero-order valence-corrected chi connectivity index (χ0v) is 19.1. The van der Waals surface area contributed by atoms with E-state index in [0.29, 0.717) is 38.5 Å². The van der Waals surface area contributed by atoms with E-state index in [2.05, 4.69) is 0 Å². The van der Waals surface area contributed by atoms with Crippen molar-refractivity contribution in [3.8, 4) is 0 Å². The van der Waals surface area contributed by atoms with E-state index in [1.807, 2.05) is 12.2 Å². The number of ether oxygens (including phenoxy) is 1. The number of amides is 2. The van der Waals surface area contributed by atoms with Crippen molar-refractivity contribution in [2.75, 3.05) is 13.2 Å². The van der Waals surface area contributed by atoms with Crippen molar-refractivity contribution in [2.24, 2.45) is 11.7 Å². The first-order valence-corrected chi connectivity index (χ1v) is 11.5. The van der Waals surface area contributed by atoms with Crippen LogP contribution >= 0.6 is 0 Å². The Morgan fingerprint density at radius 3 is 2.59 bits per heavy atom. The Hall–Kier alpha value is -2.63. The molecule has 0 unspecified atom stereocenters. The minimum absolute atomic E-state index is 0.0371. The van der Waals surface area contributed by atoms with Crippen molar-refractivity contribution in [3.63, 3.8) is 0 Å². The number of carboxylic acids is 1. The maximum atomic E-state index is 12.8. The number of hydrogen-bond acceptors (Lipinski definition) is 6. The highest BCUT2D eigenvalue weighted by molar-refractivity contribution is 5.92. The lowest BCUT2D eigenvalue weighted by molar-refractivity contribution is -0.175. The van der Waals surface area contributed by atoms with Gasteiger partial charge in [0.15, 0.2) is 0 Å². The molecule has 0 bridgehead atoms. The molecule has 2 amide bonds. The molecule has 0 spiro atoms. The topological polar surface area (TPSA) is 139 Å². The first-order valence-electron chi connectivity index (χ1n) is 11.5. The minimum atomic E-state index is -5.15. The lowest BCUT2D eigenvalue weighted by atomic mass is 10.0. The van der Waals surface area contributed by atoms with Gasteiger partial charge >= 0.3 is 24.0 Å². The predicted molar refractivity (Wildman–Crippen MR) is 114 cm³/mol. The standard InChI is InChI=1S/C22H32F3N3O6/c1-2-34-20(33)21(26)13-14(21)9-6-4-3-5-7-10-15(27-19(32)22(23,24)25)17(29)28-12-8-11-16(28)18(30)31/h6,9,14-16H,2-5,7-8,10-13,26H2,1H3,(H,27,32)(H,30,31)/b9-6-/t14-,15+,16+,21-/m1/s1. The fraction of sp³-hybridized carbons (Fsp3) is 0.727. The van der Waals surface area contributed by atoms with Crippen LogP contribution in [0, 0.1) is 5.92 Å². The van der Waals surface area contributed by atoms with E-state index in [1.54, 1.807) is 12.2 Å². The van der Waals surface area contributed by atoms with E-state index in [9.17, 15) is 37.5 Å². The lowest BCUT2D eigenvalue weighted by Crippen LogP contribution is -2.53. The number of nitrogens with zero attached hydrogens (tertiary/aromatic N) is 1. The van der Waals surface area contributed by atoms with Gasteiger partial charge in [0.25, 0.3) is 0 Å². The maximum Gasteiger partial charge on any atom is 0.471 e. The van der Waals surface area contributed by atoms with Gasteiger partial charge in [-0.25, -0.2) is 4.79 Å². The number of aliphatic carboxylic acids is 1. The van der Waals surface area contributed by atoms with Gasteiger partial charge in [0.1, 0.15) is 17.6 Å². The quantitative estimate of drug-likeness (QED) is 0.215. The van der Waals surface area contributed by atoms with Crippen LogP contribution in [0.25, 0.3) is 0 Å². The number of nitrogens with one attached hydrogen (secondary N) is 1. The molecule has 0 aromatic carbocycles. The molecule has 1 saturated heterocycles. The van der Waals surface area contributed by atoms with Crippen LogP contribution in [0.4, 0.5) is 13.2 Å². The normalized spacial score (nSPS) is 25.3. The number of likely N-dealkylation sites (tertiary alicyclic amines) is 1. The van der Waals surface area contributed by atoms with E-state index in [-0.39, 0.29) is 31.9 Å². The summed E-state index contributed by atoms with van der Waals surface area (Å²) in [6, 6.07) is -2.55. The van der Waals surface area contributed by atoms with Gasteiger partial charge in [-0.1, -0.05) is 25.0 Å². The van der Waals surface area contributed by atoms with Crippen LogP contribution < -0.4 is 11.1 Å². The van der Waals surface area contributed by atoms with Crippen LogP contribution in [0.1, 0.15) is 58.3 Å². The van der Waals surface area contributed by atoms with Crippen molar-refractivity contribution < 1.29 is 42.2 Å². The number of unbranched alkanes of at least 4 members (excludes halogenated alkanes) is 3. The minimum Gasteiger partial charge on any atom is -0.480 e. The van der Waals surface area contributed by atoms with Crippen molar-refractivity contribution in [1.82, 2.24) is 10.2 Å². The van der Waals surface area contributed by atoms with Gasteiger partial charge < -0.3 is 25.8 Å². The van der Waals surface area contributed by atoms with Gasteiger partial charge in [0, 0.05) is 12.5 Å². The average molecular weight is 492 g/mol. The largest absolute Gasteiger partial charge is 0.480 e. The molecule has 1 aliphatic heterocycles. The lowest BCUT2D eigenvalue weighted by Gasteiger charge is -2.27. The molecule has 34 heavy (non-hydrogen) atoms. The smallest absolute Gasteiger partial charge is 0.471 e. The summed E-state index contributed by atoms with van der Waals surface area (Å²) < 4.78 is 43.1. The molecular weight excluding hydrogens is 459 g/mol. The Labute approximate surface area is 195 Å². The highest BCUT2D eigenvalue weighted by atomic mass is 19.4. The Kier molecular flexibility index (Phi) is 9.48. The predicted octanol–water partition coefficient (Wildman–Crippen LogP) is 1.90. The summed E-state index contributed by atoms with van der Waals surface area (Å²) in [5.74, 6) is -4.78. The molecule has 0 aromatic rings. The summed E-state index contributed by atoms with van der Waals surface area (Å²) in [6.07, 6.45) is 1.97. The third kappa shape index (κ3) is 7.18. The second-order valence-electron chi connectivity index (χ2n) is 8.69. The average Bonchev–Trinajstić information content (AvgIpc) is 3.19. The number of carbonyl (C=O) groups is 4. The van der Waals surface area contributed by atoms with Gasteiger partial charge in [-0.3, -0.25) is 14.4 Å². The molecule has 4 N–H and O–H groups in total. The summed E-state index contributed by atoms with van der Waals surface area (Å²) in [6.45, 7) is 2.08. The van der Waals surface area contributed by atoms with E-state index < -0.39 is 47.6 Å². The highest BCUT2D eigenvalue weighted by Crippen LogP contribution is 2.43. The fourth-order valence-electron chi connectivity index (χ4n) is 4.08. The second kappa shape index (κ2) is 11.7. The van der Waals surface area contributed by atoms with Crippen LogP contribution in [-0.4, -0.2) is 70.7 Å². The molecule has 2 aliphatic rings.